The average Bonchev–Trinajstić information content (AvgIpc) is 2.96. The Morgan fingerprint density at radius 3 is 2.75 bits per heavy atom. The fourth-order valence-electron chi connectivity index (χ4n) is 3.24. The molecule has 4 rings (SSSR count). The molecule has 0 amide bonds. The van der Waals surface area contributed by atoms with Gasteiger partial charge in [-0.15, -0.1) is 0 Å². The molecular weight excluding hydrogens is 309 g/mol. The molecule has 0 unspecified atom stereocenters. The van der Waals surface area contributed by atoms with Crippen molar-refractivity contribution in [1.82, 2.24) is 9.88 Å². The monoisotopic (exact) mass is 323 g/mol. The van der Waals surface area contributed by atoms with Crippen LogP contribution in [-0.4, -0.2) is 28.4 Å². The summed E-state index contributed by atoms with van der Waals surface area (Å²) in [6.07, 6.45) is 3.08. The summed E-state index contributed by atoms with van der Waals surface area (Å²) < 4.78 is 14.9. The number of carbonyl (C=O) groups is 1. The highest BCUT2D eigenvalue weighted by Crippen LogP contribution is 2.33. The van der Waals surface area contributed by atoms with E-state index in [4.69, 9.17) is 5.21 Å². The van der Waals surface area contributed by atoms with Gasteiger partial charge in [-0.05, 0) is 41.0 Å². The van der Waals surface area contributed by atoms with Crippen molar-refractivity contribution in [3.63, 3.8) is 0 Å². The molecule has 0 spiro atoms. The number of nitrogens with one attached hydrogen (secondary N) is 1. The molecule has 2 heterocycles. The van der Waals surface area contributed by atoms with Gasteiger partial charge in [0.15, 0.2) is 0 Å². The van der Waals surface area contributed by atoms with Crippen LogP contribution in [0, 0.1) is 5.82 Å². The molecule has 0 radical (unpaired) electrons. The van der Waals surface area contributed by atoms with Crippen molar-refractivity contribution < 1.29 is 14.4 Å². The van der Waals surface area contributed by atoms with Crippen LogP contribution in [0.3, 0.4) is 0 Å². The van der Waals surface area contributed by atoms with Crippen LogP contribution in [0.4, 0.5) is 4.39 Å². The summed E-state index contributed by atoms with van der Waals surface area (Å²) in [4.78, 5) is 12.2. The molecule has 24 heavy (non-hydrogen) atoms. The van der Waals surface area contributed by atoms with E-state index in [1.54, 1.807) is 22.9 Å². The fraction of sp³-hybridized carbons (Fsp3) is 0.111. The third-order valence-electron chi connectivity index (χ3n) is 4.29. The third-order valence-corrected chi connectivity index (χ3v) is 4.29. The second-order valence-electron chi connectivity index (χ2n) is 5.69. The normalized spacial score (nSPS) is 14.5. The van der Waals surface area contributed by atoms with Crippen LogP contribution >= 0.6 is 0 Å². The summed E-state index contributed by atoms with van der Waals surface area (Å²) in [5.41, 5.74) is 4.11. The molecule has 0 atom stereocenters. The lowest BCUT2D eigenvalue weighted by molar-refractivity contribution is 0.0920. The molecule has 0 saturated carbocycles. The molecule has 1 aliphatic heterocycles. The Morgan fingerprint density at radius 1 is 1.21 bits per heavy atom. The Kier molecular flexibility index (Phi) is 3.39. The van der Waals surface area contributed by atoms with E-state index < -0.39 is 0 Å². The van der Waals surface area contributed by atoms with Gasteiger partial charge in [-0.25, -0.2) is 4.39 Å². The Morgan fingerprint density at radius 2 is 2.00 bits per heavy atom. The van der Waals surface area contributed by atoms with Crippen molar-refractivity contribution >= 4 is 23.0 Å². The Labute approximate surface area is 137 Å². The summed E-state index contributed by atoms with van der Waals surface area (Å²) in [7, 11) is 0. The fourth-order valence-corrected chi connectivity index (χ4v) is 3.24. The zero-order chi connectivity index (χ0) is 16.7. The first-order chi connectivity index (χ1) is 11.7. The zero-order valence-electron chi connectivity index (χ0n) is 12.7. The van der Waals surface area contributed by atoms with Crippen molar-refractivity contribution in [2.45, 2.75) is 6.54 Å². The molecule has 2 aromatic carbocycles. The van der Waals surface area contributed by atoms with Gasteiger partial charge in [-0.1, -0.05) is 17.3 Å². The number of halogens is 1. The number of carbonyl (C=O) groups excluding carboxylic acids is 1. The number of rotatable bonds is 2. The standard InChI is InChI=1S/C18H14FN3O2/c19-13-3-1-11(2-4-13)15-7-12-8-20-10-17(23)22-6-5-14(18(12)22)16(15)9-21-24/h1-7,9,20,24H,8,10H2. The number of hydrogen-bond acceptors (Lipinski definition) is 4. The Bertz CT molecular complexity index is 974. The number of nitrogens with zero attached hydrogens (tertiary/aromatic N) is 2. The lowest BCUT2D eigenvalue weighted by atomic mass is 9.94. The van der Waals surface area contributed by atoms with Crippen molar-refractivity contribution in [2.24, 2.45) is 5.16 Å². The highest BCUT2D eigenvalue weighted by atomic mass is 19.1. The second-order valence-corrected chi connectivity index (χ2v) is 5.69. The van der Waals surface area contributed by atoms with Gasteiger partial charge in [-0.2, -0.15) is 0 Å². The van der Waals surface area contributed by atoms with E-state index in [-0.39, 0.29) is 18.3 Å². The van der Waals surface area contributed by atoms with Crippen molar-refractivity contribution in [1.29, 1.82) is 0 Å². The second kappa shape index (κ2) is 5.58. The van der Waals surface area contributed by atoms with Gasteiger partial charge in [-0.3, -0.25) is 9.36 Å². The number of oxime groups is 1. The van der Waals surface area contributed by atoms with Gasteiger partial charge in [0.2, 0.25) is 5.91 Å². The summed E-state index contributed by atoms with van der Waals surface area (Å²) in [5, 5.41) is 16.2. The minimum Gasteiger partial charge on any atom is -0.411 e. The first-order valence-corrected chi connectivity index (χ1v) is 7.53. The van der Waals surface area contributed by atoms with Gasteiger partial charge in [0.05, 0.1) is 18.3 Å². The molecule has 120 valence electrons. The van der Waals surface area contributed by atoms with E-state index in [0.717, 1.165) is 27.6 Å². The van der Waals surface area contributed by atoms with Crippen LogP contribution in [0.15, 0.2) is 47.8 Å². The van der Waals surface area contributed by atoms with Crippen LogP contribution in [0.2, 0.25) is 0 Å². The molecule has 0 bridgehead atoms. The van der Waals surface area contributed by atoms with Gasteiger partial charge in [0.1, 0.15) is 5.82 Å². The topological polar surface area (TPSA) is 66.6 Å². The molecular formula is C18H14FN3O2. The van der Waals surface area contributed by atoms with Crippen LogP contribution < -0.4 is 5.32 Å². The van der Waals surface area contributed by atoms with Crippen LogP contribution in [0.1, 0.15) is 15.9 Å². The molecule has 5 nitrogen and oxygen atoms in total. The van der Waals surface area contributed by atoms with E-state index in [9.17, 15) is 9.18 Å². The van der Waals surface area contributed by atoms with Crippen molar-refractivity contribution in [3.05, 3.63) is 59.5 Å². The average molecular weight is 323 g/mol. The summed E-state index contributed by atoms with van der Waals surface area (Å²) in [5.74, 6) is -0.348. The maximum absolute atomic E-state index is 13.2. The first-order valence-electron chi connectivity index (χ1n) is 7.53. The van der Waals surface area contributed by atoms with Gasteiger partial charge >= 0.3 is 0 Å². The number of hydrogen-bond donors (Lipinski definition) is 2. The highest BCUT2D eigenvalue weighted by Gasteiger charge is 2.20. The molecule has 0 fully saturated rings. The van der Waals surface area contributed by atoms with E-state index in [1.165, 1.54) is 18.3 Å². The summed E-state index contributed by atoms with van der Waals surface area (Å²) >= 11 is 0. The lowest BCUT2D eigenvalue weighted by Crippen LogP contribution is -2.23. The maximum atomic E-state index is 13.2. The molecule has 1 aliphatic rings. The van der Waals surface area contributed by atoms with E-state index in [0.29, 0.717) is 12.1 Å². The molecule has 3 aromatic rings. The zero-order valence-corrected chi connectivity index (χ0v) is 12.7. The van der Waals surface area contributed by atoms with Crippen molar-refractivity contribution in [2.75, 3.05) is 6.54 Å². The molecule has 2 N–H and O–H groups in total. The SMILES string of the molecule is O=C1CNCc2cc(-c3ccc(F)cc3)c(C=NO)c3ccn1c23. The maximum Gasteiger partial charge on any atom is 0.245 e. The quantitative estimate of drug-likeness (QED) is 0.433. The first kappa shape index (κ1) is 14.6. The molecule has 1 aromatic heterocycles. The Hall–Kier alpha value is -2.99. The molecule has 0 aliphatic carbocycles. The Balaban J connectivity index is 2.06. The lowest BCUT2D eigenvalue weighted by Gasteiger charge is -2.12. The number of aromatic nitrogens is 1. The molecule has 6 heteroatoms. The largest absolute Gasteiger partial charge is 0.411 e. The summed E-state index contributed by atoms with van der Waals surface area (Å²) in [6, 6.07) is 9.95. The van der Waals surface area contributed by atoms with Gasteiger partial charge in [0.25, 0.3) is 0 Å². The highest BCUT2D eigenvalue weighted by molar-refractivity contribution is 6.09. The molecule has 0 saturated heterocycles. The van der Waals surface area contributed by atoms with Crippen LogP contribution in [-0.2, 0) is 6.54 Å². The third kappa shape index (κ3) is 2.19. The van der Waals surface area contributed by atoms with Crippen molar-refractivity contribution in [3.8, 4) is 11.1 Å². The van der Waals surface area contributed by atoms with Gasteiger partial charge in [0, 0.05) is 23.7 Å². The van der Waals surface area contributed by atoms with E-state index in [2.05, 4.69) is 10.5 Å². The van der Waals surface area contributed by atoms with E-state index >= 15 is 0 Å². The van der Waals surface area contributed by atoms with Gasteiger partial charge < -0.3 is 10.5 Å². The summed E-state index contributed by atoms with van der Waals surface area (Å²) in [6.45, 7) is 0.810. The predicted octanol–water partition coefficient (Wildman–Crippen LogP) is 3.00. The minimum atomic E-state index is -0.311. The van der Waals surface area contributed by atoms with Crippen LogP contribution in [0.25, 0.3) is 22.0 Å². The smallest absolute Gasteiger partial charge is 0.245 e. The van der Waals surface area contributed by atoms with E-state index in [1.807, 2.05) is 12.1 Å². The minimum absolute atomic E-state index is 0.0369. The predicted molar refractivity (Wildman–Crippen MR) is 89.0 cm³/mol. The van der Waals surface area contributed by atoms with Crippen LogP contribution in [0.5, 0.6) is 0 Å². The number of benzene rings is 2.